The van der Waals surface area contributed by atoms with E-state index in [9.17, 15) is 0 Å². The molecule has 1 N–H and O–H groups in total. The number of aliphatic imine (C=N–C) groups is 1. The summed E-state index contributed by atoms with van der Waals surface area (Å²) in [6, 6.07) is 0. The SMILES string of the molecule is CCC1=NC(=N)SCC=C1C. The summed E-state index contributed by atoms with van der Waals surface area (Å²) in [6.45, 7) is 4.13. The average molecular weight is 168 g/mol. The monoisotopic (exact) mass is 168 g/mol. The van der Waals surface area contributed by atoms with Gasteiger partial charge in [0.05, 0.1) is 0 Å². The number of amidine groups is 1. The van der Waals surface area contributed by atoms with Gasteiger partial charge in [-0.1, -0.05) is 24.8 Å². The Kier molecular flexibility index (Phi) is 2.88. The number of rotatable bonds is 1. The maximum absolute atomic E-state index is 7.39. The Hall–Kier alpha value is -0.570. The van der Waals surface area contributed by atoms with Crippen molar-refractivity contribution in [2.24, 2.45) is 4.99 Å². The van der Waals surface area contributed by atoms with Crippen LogP contribution in [-0.4, -0.2) is 16.6 Å². The summed E-state index contributed by atoms with van der Waals surface area (Å²) in [6.07, 6.45) is 3.06. The molecule has 0 fully saturated rings. The molecule has 0 radical (unpaired) electrons. The topological polar surface area (TPSA) is 36.2 Å². The molecule has 0 spiro atoms. The predicted molar refractivity (Wildman–Crippen MR) is 51.7 cm³/mol. The molecule has 1 rings (SSSR count). The minimum Gasteiger partial charge on any atom is -0.277 e. The zero-order valence-electron chi connectivity index (χ0n) is 6.85. The Bertz CT molecular complexity index is 228. The van der Waals surface area contributed by atoms with Crippen molar-refractivity contribution in [3.63, 3.8) is 0 Å². The number of hydrogen-bond acceptors (Lipinski definition) is 2. The van der Waals surface area contributed by atoms with Gasteiger partial charge in [0.25, 0.3) is 0 Å². The van der Waals surface area contributed by atoms with Crippen molar-refractivity contribution in [2.45, 2.75) is 20.3 Å². The van der Waals surface area contributed by atoms with Crippen molar-refractivity contribution in [3.8, 4) is 0 Å². The van der Waals surface area contributed by atoms with Crippen molar-refractivity contribution >= 4 is 22.6 Å². The molecular weight excluding hydrogens is 156 g/mol. The van der Waals surface area contributed by atoms with E-state index in [2.05, 4.69) is 24.9 Å². The van der Waals surface area contributed by atoms with Gasteiger partial charge >= 0.3 is 0 Å². The van der Waals surface area contributed by atoms with E-state index in [1.807, 2.05) is 0 Å². The summed E-state index contributed by atoms with van der Waals surface area (Å²) in [4.78, 5) is 4.17. The molecule has 0 aromatic rings. The highest BCUT2D eigenvalue weighted by molar-refractivity contribution is 8.13. The molecule has 0 unspecified atom stereocenters. The minimum atomic E-state index is 0.440. The van der Waals surface area contributed by atoms with Gasteiger partial charge in [-0.3, -0.25) is 5.41 Å². The zero-order chi connectivity index (χ0) is 8.27. The molecule has 0 atom stereocenters. The first kappa shape index (κ1) is 8.53. The van der Waals surface area contributed by atoms with Gasteiger partial charge in [0.1, 0.15) is 0 Å². The molecule has 0 aromatic heterocycles. The highest BCUT2D eigenvalue weighted by Gasteiger charge is 2.05. The molecule has 0 saturated heterocycles. The van der Waals surface area contributed by atoms with Gasteiger partial charge in [-0.25, -0.2) is 4.99 Å². The molecule has 0 aromatic carbocycles. The number of hydrogen-bond donors (Lipinski definition) is 1. The summed E-state index contributed by atoms with van der Waals surface area (Å²) in [7, 11) is 0. The van der Waals surface area contributed by atoms with E-state index < -0.39 is 0 Å². The first-order valence-corrected chi connectivity index (χ1v) is 4.68. The maximum atomic E-state index is 7.39. The maximum Gasteiger partial charge on any atom is 0.180 e. The number of allylic oxidation sites excluding steroid dienone is 1. The van der Waals surface area contributed by atoms with Crippen LogP contribution in [0.15, 0.2) is 16.6 Å². The lowest BCUT2D eigenvalue weighted by molar-refractivity contribution is 1.26. The van der Waals surface area contributed by atoms with Crippen LogP contribution in [0.4, 0.5) is 0 Å². The van der Waals surface area contributed by atoms with Crippen molar-refractivity contribution < 1.29 is 0 Å². The largest absolute Gasteiger partial charge is 0.277 e. The number of nitrogens with one attached hydrogen (secondary N) is 1. The van der Waals surface area contributed by atoms with Gasteiger partial charge in [0, 0.05) is 11.5 Å². The second kappa shape index (κ2) is 3.72. The Labute approximate surface area is 71.3 Å². The molecule has 0 saturated carbocycles. The van der Waals surface area contributed by atoms with Crippen LogP contribution in [0, 0.1) is 5.41 Å². The van der Waals surface area contributed by atoms with Crippen molar-refractivity contribution in [2.75, 3.05) is 5.75 Å². The normalized spacial score (nSPS) is 18.9. The smallest absolute Gasteiger partial charge is 0.180 e. The van der Waals surface area contributed by atoms with E-state index in [4.69, 9.17) is 5.41 Å². The van der Waals surface area contributed by atoms with Crippen LogP contribution in [-0.2, 0) is 0 Å². The first-order valence-electron chi connectivity index (χ1n) is 3.70. The van der Waals surface area contributed by atoms with E-state index in [0.29, 0.717) is 5.17 Å². The fourth-order valence-corrected chi connectivity index (χ4v) is 1.63. The zero-order valence-corrected chi connectivity index (χ0v) is 7.66. The third kappa shape index (κ3) is 2.19. The highest BCUT2D eigenvalue weighted by Crippen LogP contribution is 2.14. The Morgan fingerprint density at radius 2 is 2.45 bits per heavy atom. The summed E-state index contributed by atoms with van der Waals surface area (Å²) in [5.74, 6) is 0.887. The summed E-state index contributed by atoms with van der Waals surface area (Å²) in [5.41, 5.74) is 2.28. The van der Waals surface area contributed by atoms with Gasteiger partial charge in [-0.15, -0.1) is 0 Å². The van der Waals surface area contributed by atoms with Crippen molar-refractivity contribution in [1.82, 2.24) is 0 Å². The van der Waals surface area contributed by atoms with E-state index >= 15 is 0 Å². The van der Waals surface area contributed by atoms with Crippen LogP contribution >= 0.6 is 11.8 Å². The standard InChI is InChI=1S/C8H12N2S/c1-3-7-6(2)4-5-11-8(9)10-7/h4,9H,3,5H2,1-2H3. The van der Waals surface area contributed by atoms with Crippen LogP contribution in [0.2, 0.25) is 0 Å². The summed E-state index contributed by atoms with van der Waals surface area (Å²) < 4.78 is 0. The lowest BCUT2D eigenvalue weighted by Crippen LogP contribution is -1.98. The lowest BCUT2D eigenvalue weighted by Gasteiger charge is -1.98. The minimum absolute atomic E-state index is 0.440. The molecule has 1 aliphatic rings. The van der Waals surface area contributed by atoms with Crippen LogP contribution < -0.4 is 0 Å². The van der Waals surface area contributed by atoms with Gasteiger partial charge in [-0.2, -0.15) is 0 Å². The van der Waals surface area contributed by atoms with Crippen molar-refractivity contribution in [3.05, 3.63) is 11.6 Å². The average Bonchev–Trinajstić information content (AvgIpc) is 2.13. The molecule has 11 heavy (non-hydrogen) atoms. The van der Waals surface area contributed by atoms with Crippen LogP contribution in [0.1, 0.15) is 20.3 Å². The summed E-state index contributed by atoms with van der Waals surface area (Å²) >= 11 is 1.48. The molecule has 0 bridgehead atoms. The fourth-order valence-electron chi connectivity index (χ4n) is 0.964. The molecule has 0 amide bonds. The molecule has 2 nitrogen and oxygen atoms in total. The highest BCUT2D eigenvalue weighted by atomic mass is 32.2. The second-order valence-electron chi connectivity index (χ2n) is 2.42. The van der Waals surface area contributed by atoms with E-state index in [1.165, 1.54) is 17.3 Å². The first-order chi connectivity index (χ1) is 5.24. The Morgan fingerprint density at radius 1 is 1.73 bits per heavy atom. The second-order valence-corrected chi connectivity index (χ2v) is 3.42. The van der Waals surface area contributed by atoms with Gasteiger partial charge < -0.3 is 0 Å². The van der Waals surface area contributed by atoms with E-state index in [-0.39, 0.29) is 0 Å². The van der Waals surface area contributed by atoms with Gasteiger partial charge in [0.15, 0.2) is 5.17 Å². The third-order valence-corrected chi connectivity index (χ3v) is 2.33. The number of nitrogens with zero attached hydrogens (tertiary/aromatic N) is 1. The van der Waals surface area contributed by atoms with E-state index in [1.54, 1.807) is 0 Å². The summed E-state index contributed by atoms with van der Waals surface area (Å²) in [5, 5.41) is 7.83. The third-order valence-electron chi connectivity index (χ3n) is 1.64. The molecule has 1 heterocycles. The lowest BCUT2D eigenvalue weighted by atomic mass is 10.1. The van der Waals surface area contributed by atoms with Gasteiger partial charge in [0.2, 0.25) is 0 Å². The van der Waals surface area contributed by atoms with Crippen LogP contribution in [0.25, 0.3) is 0 Å². The Morgan fingerprint density at radius 3 is 3.09 bits per heavy atom. The Balaban J connectivity index is 2.87. The quantitative estimate of drug-likeness (QED) is 0.641. The fraction of sp³-hybridized carbons (Fsp3) is 0.500. The number of thioether (sulfide) groups is 1. The molecule has 60 valence electrons. The molecule has 3 heteroatoms. The predicted octanol–water partition coefficient (Wildman–Crippen LogP) is 2.47. The van der Waals surface area contributed by atoms with Crippen molar-refractivity contribution in [1.29, 1.82) is 5.41 Å². The molecule has 1 aliphatic heterocycles. The molecular formula is C8H12N2S. The van der Waals surface area contributed by atoms with Crippen LogP contribution in [0.5, 0.6) is 0 Å². The molecule has 0 aliphatic carbocycles. The van der Waals surface area contributed by atoms with Crippen LogP contribution in [0.3, 0.4) is 0 Å². The van der Waals surface area contributed by atoms with Gasteiger partial charge in [-0.05, 0) is 18.9 Å². The van der Waals surface area contributed by atoms with E-state index in [0.717, 1.165) is 17.9 Å².